The molecule has 0 aliphatic carbocycles. The molecule has 5 heterocycles. The largest absolute Gasteiger partial charge is 0.309 e. The molecule has 0 N–H and O–H groups in total. The molecule has 3 heteroatoms. The van der Waals surface area contributed by atoms with Crippen LogP contribution in [0.15, 0.2) is 176 Å². The van der Waals surface area contributed by atoms with Gasteiger partial charge in [0.1, 0.15) is 0 Å². The van der Waals surface area contributed by atoms with Crippen molar-refractivity contribution in [3.05, 3.63) is 176 Å². The van der Waals surface area contributed by atoms with Gasteiger partial charge in [-0.1, -0.05) is 127 Å². The zero-order chi connectivity index (χ0) is 35.5. The predicted octanol–water partition coefficient (Wildman–Crippen LogP) is 13.9. The Bertz CT molecular complexity index is 3930. The standard InChI is InChI=1S/C52H29N3/c1-2-12-32(13-3-1)53-42-22-7-6-15-35(42)41-29-31(24-25-43(41)53)34-16-8-17-36-37-18-9-20-39-49-46(55(50(34)36)51(37)39)28-27-45-48(49)40-21-10-19-38-47-33-14-5-4-11-30(33)23-26-44(47)54(45)52(38)40/h1-29H. The van der Waals surface area contributed by atoms with E-state index in [1.807, 2.05) is 0 Å². The van der Waals surface area contributed by atoms with E-state index in [1.54, 1.807) is 0 Å². The summed E-state index contributed by atoms with van der Waals surface area (Å²) in [5.74, 6) is 0. The van der Waals surface area contributed by atoms with Crippen molar-refractivity contribution in [2.75, 3.05) is 0 Å². The third kappa shape index (κ3) is 3.31. The highest BCUT2D eigenvalue weighted by molar-refractivity contribution is 6.37. The van der Waals surface area contributed by atoms with Crippen molar-refractivity contribution in [3.8, 4) is 16.8 Å². The van der Waals surface area contributed by atoms with Gasteiger partial charge in [0.2, 0.25) is 0 Å². The van der Waals surface area contributed by atoms with Gasteiger partial charge in [-0.3, -0.25) is 0 Å². The minimum atomic E-state index is 1.18. The van der Waals surface area contributed by atoms with Crippen molar-refractivity contribution in [1.29, 1.82) is 0 Å². The van der Waals surface area contributed by atoms with Crippen LogP contribution in [0.5, 0.6) is 0 Å². The lowest BCUT2D eigenvalue weighted by Gasteiger charge is -2.09. The Labute approximate surface area is 313 Å². The third-order valence-corrected chi connectivity index (χ3v) is 12.7. The molecule has 0 radical (unpaired) electrons. The molecule has 55 heavy (non-hydrogen) atoms. The Morgan fingerprint density at radius 3 is 1.65 bits per heavy atom. The van der Waals surface area contributed by atoms with Crippen LogP contribution in [-0.4, -0.2) is 13.4 Å². The first-order chi connectivity index (χ1) is 27.3. The number of benzene rings is 9. The average Bonchev–Trinajstić information content (AvgIpc) is 4.04. The van der Waals surface area contributed by atoms with Crippen LogP contribution in [0, 0.1) is 0 Å². The molecule has 0 atom stereocenters. The van der Waals surface area contributed by atoms with Gasteiger partial charge in [-0.15, -0.1) is 0 Å². The van der Waals surface area contributed by atoms with Crippen LogP contribution in [0.25, 0.3) is 126 Å². The monoisotopic (exact) mass is 695 g/mol. The second kappa shape index (κ2) is 9.79. The van der Waals surface area contributed by atoms with E-state index in [0.717, 1.165) is 0 Å². The SMILES string of the molecule is c1ccc(-n2c3ccccc3c3cc(-c4cccc5c6cccc7c8c9c%10cccc%11c%12c%13ccccc%13ccc%12n(c9ccc8n(c45)c67)c%11%10)ccc32)cc1. The second-order valence-electron chi connectivity index (χ2n) is 15.2. The molecule has 14 aromatic rings. The van der Waals surface area contributed by atoms with Gasteiger partial charge in [0.15, 0.2) is 0 Å². The number of hydrogen-bond acceptors (Lipinski definition) is 0. The predicted molar refractivity (Wildman–Crippen MR) is 233 cm³/mol. The van der Waals surface area contributed by atoms with Crippen molar-refractivity contribution in [2.24, 2.45) is 0 Å². The Morgan fingerprint density at radius 1 is 0.291 bits per heavy atom. The molecule has 3 nitrogen and oxygen atoms in total. The molecule has 0 unspecified atom stereocenters. The highest BCUT2D eigenvalue weighted by atomic mass is 15.0. The summed E-state index contributed by atoms with van der Waals surface area (Å²) < 4.78 is 7.49. The van der Waals surface area contributed by atoms with Gasteiger partial charge in [-0.25, -0.2) is 0 Å². The van der Waals surface area contributed by atoms with Gasteiger partial charge in [-0.05, 0) is 64.9 Å². The zero-order valence-electron chi connectivity index (χ0n) is 29.6. The molecule has 0 saturated carbocycles. The molecular weight excluding hydrogens is 667 g/mol. The van der Waals surface area contributed by atoms with Crippen molar-refractivity contribution in [3.63, 3.8) is 0 Å². The van der Waals surface area contributed by atoms with Gasteiger partial charge in [-0.2, -0.15) is 0 Å². The number of fused-ring (bicyclic) bond motifs is 18. The number of hydrogen-bond donors (Lipinski definition) is 0. The van der Waals surface area contributed by atoms with Crippen LogP contribution in [-0.2, 0) is 0 Å². The van der Waals surface area contributed by atoms with Gasteiger partial charge >= 0.3 is 0 Å². The van der Waals surface area contributed by atoms with Gasteiger partial charge in [0.25, 0.3) is 0 Å². The van der Waals surface area contributed by atoms with Crippen molar-refractivity contribution < 1.29 is 0 Å². The summed E-state index contributed by atoms with van der Waals surface area (Å²) in [7, 11) is 0. The molecular formula is C52H29N3. The van der Waals surface area contributed by atoms with E-state index in [2.05, 4.69) is 189 Å². The van der Waals surface area contributed by atoms with Crippen LogP contribution >= 0.6 is 0 Å². The molecule has 9 aromatic carbocycles. The fourth-order valence-electron chi connectivity index (χ4n) is 10.6. The van der Waals surface area contributed by atoms with Gasteiger partial charge in [0, 0.05) is 65.1 Å². The fraction of sp³-hybridized carbons (Fsp3) is 0. The van der Waals surface area contributed by atoms with E-state index < -0.39 is 0 Å². The first kappa shape index (κ1) is 28.2. The van der Waals surface area contributed by atoms with E-state index in [-0.39, 0.29) is 0 Å². The van der Waals surface area contributed by atoms with Crippen LogP contribution < -0.4 is 0 Å². The third-order valence-electron chi connectivity index (χ3n) is 12.7. The van der Waals surface area contributed by atoms with Gasteiger partial charge in [0.05, 0.1) is 44.1 Å². The lowest BCUT2D eigenvalue weighted by Crippen LogP contribution is -1.93. The molecule has 0 spiro atoms. The van der Waals surface area contributed by atoms with Crippen LogP contribution in [0.3, 0.4) is 0 Å². The lowest BCUT2D eigenvalue weighted by molar-refractivity contribution is 1.18. The first-order valence-corrected chi connectivity index (χ1v) is 19.1. The van der Waals surface area contributed by atoms with E-state index in [9.17, 15) is 0 Å². The van der Waals surface area contributed by atoms with Crippen LogP contribution in [0.1, 0.15) is 0 Å². The second-order valence-corrected chi connectivity index (χ2v) is 15.2. The van der Waals surface area contributed by atoms with Gasteiger partial charge < -0.3 is 13.4 Å². The Balaban J connectivity index is 1.10. The Hall–Kier alpha value is -7.36. The van der Waals surface area contributed by atoms with E-state index in [4.69, 9.17) is 0 Å². The van der Waals surface area contributed by atoms with Crippen LogP contribution in [0.2, 0.25) is 0 Å². The maximum Gasteiger partial charge on any atom is 0.0621 e. The maximum atomic E-state index is 2.57. The molecule has 0 aliphatic rings. The minimum absolute atomic E-state index is 1.18. The summed E-state index contributed by atoms with van der Waals surface area (Å²) in [5.41, 5.74) is 13.8. The number of para-hydroxylation sites is 5. The summed E-state index contributed by atoms with van der Waals surface area (Å²) in [5, 5.41) is 15.7. The molecule has 0 aliphatic heterocycles. The molecule has 0 bridgehead atoms. The smallest absolute Gasteiger partial charge is 0.0621 e. The average molecular weight is 696 g/mol. The molecule has 5 aromatic heterocycles. The van der Waals surface area contributed by atoms with E-state index in [0.29, 0.717) is 0 Å². The summed E-state index contributed by atoms with van der Waals surface area (Å²) in [6, 6.07) is 65.4. The molecule has 14 rings (SSSR count). The maximum absolute atomic E-state index is 2.57. The topological polar surface area (TPSA) is 13.8 Å². The van der Waals surface area contributed by atoms with Crippen molar-refractivity contribution in [1.82, 2.24) is 13.4 Å². The highest BCUT2D eigenvalue weighted by Crippen LogP contribution is 2.49. The highest BCUT2D eigenvalue weighted by Gasteiger charge is 2.25. The van der Waals surface area contributed by atoms with E-state index in [1.165, 1.54) is 126 Å². The fourth-order valence-corrected chi connectivity index (χ4v) is 10.6. The Kier molecular flexibility index (Phi) is 5.01. The number of rotatable bonds is 2. The quantitative estimate of drug-likeness (QED) is 0.171. The zero-order valence-corrected chi connectivity index (χ0v) is 29.6. The minimum Gasteiger partial charge on any atom is -0.309 e. The number of nitrogens with zero attached hydrogens (tertiary/aromatic N) is 3. The molecule has 252 valence electrons. The lowest BCUT2D eigenvalue weighted by atomic mass is 9.98. The summed E-state index contributed by atoms with van der Waals surface area (Å²) >= 11 is 0. The summed E-state index contributed by atoms with van der Waals surface area (Å²) in [6.45, 7) is 0. The molecule has 0 amide bonds. The first-order valence-electron chi connectivity index (χ1n) is 19.1. The Morgan fingerprint density at radius 2 is 0.836 bits per heavy atom. The van der Waals surface area contributed by atoms with Crippen molar-refractivity contribution >= 4 is 109 Å². The number of aromatic nitrogens is 3. The van der Waals surface area contributed by atoms with Crippen LogP contribution in [0.4, 0.5) is 0 Å². The summed E-state index contributed by atoms with van der Waals surface area (Å²) in [4.78, 5) is 0. The normalized spacial score (nSPS) is 12.7. The van der Waals surface area contributed by atoms with E-state index >= 15 is 0 Å². The van der Waals surface area contributed by atoms with Crippen molar-refractivity contribution in [2.45, 2.75) is 0 Å². The molecule has 0 fully saturated rings. The summed E-state index contributed by atoms with van der Waals surface area (Å²) in [6.07, 6.45) is 0. The molecule has 0 saturated heterocycles.